The van der Waals surface area contributed by atoms with Gasteiger partial charge >= 0.3 is 5.97 Å². The molecule has 1 aliphatic heterocycles. The first-order chi connectivity index (χ1) is 9.11. The molecule has 0 amide bonds. The van der Waals surface area contributed by atoms with Crippen molar-refractivity contribution >= 4 is 23.3 Å². The lowest BCUT2D eigenvalue weighted by molar-refractivity contribution is -0.142. The number of ether oxygens (including phenoxy) is 1. The number of nitrogens with one attached hydrogen (secondary N) is 1. The average Bonchev–Trinajstić information content (AvgIpc) is 2.86. The second-order valence-electron chi connectivity index (χ2n) is 5.19. The molecule has 0 saturated heterocycles. The van der Waals surface area contributed by atoms with Crippen LogP contribution >= 0.6 is 11.6 Å². The molecule has 100 valence electrons. The molecule has 3 atom stereocenters. The summed E-state index contributed by atoms with van der Waals surface area (Å²) in [5.74, 6) is 0.272. The average molecular weight is 278 g/mol. The number of methoxy groups -OCH3 is 1. The Labute approximate surface area is 117 Å². The Morgan fingerprint density at radius 3 is 3.00 bits per heavy atom. The molecule has 1 aliphatic carbocycles. The lowest BCUT2D eigenvalue weighted by atomic mass is 9.78. The SMILES string of the molecule is COC(=O)[C@H]1Nc2c(C)cc(Cl)cc2[C@H]2C=CC[C@@H]12. The summed E-state index contributed by atoms with van der Waals surface area (Å²) in [5, 5.41) is 4.09. The topological polar surface area (TPSA) is 38.3 Å². The number of carbonyl (C=O) groups is 1. The van der Waals surface area contributed by atoms with Crippen molar-refractivity contribution in [3.05, 3.63) is 40.4 Å². The molecule has 2 aliphatic rings. The number of hydrogen-bond donors (Lipinski definition) is 1. The van der Waals surface area contributed by atoms with E-state index in [1.54, 1.807) is 0 Å². The van der Waals surface area contributed by atoms with E-state index in [-0.39, 0.29) is 23.8 Å². The summed E-state index contributed by atoms with van der Waals surface area (Å²) in [4.78, 5) is 12.0. The molecule has 0 unspecified atom stereocenters. The summed E-state index contributed by atoms with van der Waals surface area (Å²) in [6, 6.07) is 3.63. The first-order valence-corrected chi connectivity index (χ1v) is 6.80. The van der Waals surface area contributed by atoms with Gasteiger partial charge in [-0.25, -0.2) is 4.79 Å². The summed E-state index contributed by atoms with van der Waals surface area (Å²) < 4.78 is 4.92. The number of esters is 1. The van der Waals surface area contributed by atoms with E-state index in [0.29, 0.717) is 0 Å². The fourth-order valence-corrected chi connectivity index (χ4v) is 3.48. The Morgan fingerprint density at radius 1 is 1.47 bits per heavy atom. The maximum atomic E-state index is 12.0. The van der Waals surface area contributed by atoms with Gasteiger partial charge in [0.15, 0.2) is 0 Å². The third-order valence-electron chi connectivity index (χ3n) is 4.09. The normalized spacial score (nSPS) is 27.4. The Kier molecular flexibility index (Phi) is 3.02. The monoisotopic (exact) mass is 277 g/mol. The molecule has 19 heavy (non-hydrogen) atoms. The minimum atomic E-state index is -0.280. The summed E-state index contributed by atoms with van der Waals surface area (Å²) >= 11 is 6.16. The van der Waals surface area contributed by atoms with Crippen LogP contribution in [0.15, 0.2) is 24.3 Å². The Balaban J connectivity index is 2.10. The van der Waals surface area contributed by atoms with E-state index in [4.69, 9.17) is 16.3 Å². The van der Waals surface area contributed by atoms with Crippen molar-refractivity contribution < 1.29 is 9.53 Å². The van der Waals surface area contributed by atoms with Crippen LogP contribution in [0.25, 0.3) is 0 Å². The summed E-state index contributed by atoms with van der Waals surface area (Å²) in [6.45, 7) is 2.01. The fourth-order valence-electron chi connectivity index (χ4n) is 3.20. The van der Waals surface area contributed by atoms with E-state index in [1.807, 2.05) is 19.1 Å². The van der Waals surface area contributed by atoms with Gasteiger partial charge in [-0.3, -0.25) is 0 Å². The van der Waals surface area contributed by atoms with Crippen LogP contribution in [0.3, 0.4) is 0 Å². The number of aryl methyl sites for hydroxylation is 1. The quantitative estimate of drug-likeness (QED) is 0.632. The van der Waals surface area contributed by atoms with Crippen molar-refractivity contribution in [3.8, 4) is 0 Å². The van der Waals surface area contributed by atoms with Gasteiger partial charge in [-0.15, -0.1) is 0 Å². The van der Waals surface area contributed by atoms with Crippen LogP contribution in [0.2, 0.25) is 5.02 Å². The number of benzene rings is 1. The van der Waals surface area contributed by atoms with E-state index >= 15 is 0 Å². The van der Waals surface area contributed by atoms with Crippen molar-refractivity contribution in [2.75, 3.05) is 12.4 Å². The number of allylic oxidation sites excluding steroid dienone is 2. The molecule has 1 heterocycles. The van der Waals surface area contributed by atoms with E-state index in [9.17, 15) is 4.79 Å². The van der Waals surface area contributed by atoms with Gasteiger partial charge in [0.2, 0.25) is 0 Å². The van der Waals surface area contributed by atoms with Gasteiger partial charge in [-0.05, 0) is 36.6 Å². The predicted octanol–water partition coefficient (Wildman–Crippen LogP) is 3.28. The molecule has 1 aromatic carbocycles. The molecule has 0 bridgehead atoms. The van der Waals surface area contributed by atoms with Crippen LogP contribution in [0, 0.1) is 12.8 Å². The molecule has 1 aromatic rings. The second kappa shape index (κ2) is 4.57. The van der Waals surface area contributed by atoms with Crippen molar-refractivity contribution in [1.29, 1.82) is 0 Å². The number of carbonyl (C=O) groups excluding carboxylic acids is 1. The molecule has 0 saturated carbocycles. The van der Waals surface area contributed by atoms with Gasteiger partial charge in [0.05, 0.1) is 7.11 Å². The van der Waals surface area contributed by atoms with E-state index in [1.165, 1.54) is 12.7 Å². The molecule has 4 heteroatoms. The highest BCUT2D eigenvalue weighted by Gasteiger charge is 2.41. The summed E-state index contributed by atoms with van der Waals surface area (Å²) in [5.41, 5.74) is 3.27. The van der Waals surface area contributed by atoms with Gasteiger partial charge in [0.25, 0.3) is 0 Å². The molecule has 3 nitrogen and oxygen atoms in total. The molecular formula is C15H16ClNO2. The molecule has 0 fully saturated rings. The van der Waals surface area contributed by atoms with Crippen LogP contribution in [-0.2, 0) is 9.53 Å². The largest absolute Gasteiger partial charge is 0.467 e. The number of rotatable bonds is 1. The highest BCUT2D eigenvalue weighted by molar-refractivity contribution is 6.30. The number of hydrogen-bond acceptors (Lipinski definition) is 3. The lowest BCUT2D eigenvalue weighted by Crippen LogP contribution is -2.42. The summed E-state index contributed by atoms with van der Waals surface area (Å²) in [6.07, 6.45) is 5.21. The molecule has 0 aromatic heterocycles. The van der Waals surface area contributed by atoms with E-state index < -0.39 is 0 Å². The zero-order valence-electron chi connectivity index (χ0n) is 10.9. The highest BCUT2D eigenvalue weighted by atomic mass is 35.5. The first-order valence-electron chi connectivity index (χ1n) is 6.43. The minimum Gasteiger partial charge on any atom is -0.467 e. The van der Waals surface area contributed by atoms with Crippen molar-refractivity contribution in [3.63, 3.8) is 0 Å². The van der Waals surface area contributed by atoms with Crippen LogP contribution in [0.5, 0.6) is 0 Å². The lowest BCUT2D eigenvalue weighted by Gasteiger charge is -2.36. The molecule has 0 radical (unpaired) electrons. The van der Waals surface area contributed by atoms with Crippen LogP contribution in [0.1, 0.15) is 23.5 Å². The number of anilines is 1. The zero-order valence-corrected chi connectivity index (χ0v) is 11.7. The van der Waals surface area contributed by atoms with Gasteiger partial charge in [0, 0.05) is 22.5 Å². The maximum Gasteiger partial charge on any atom is 0.328 e. The third-order valence-corrected chi connectivity index (χ3v) is 4.30. The third kappa shape index (κ3) is 1.93. The highest BCUT2D eigenvalue weighted by Crippen LogP contribution is 2.46. The van der Waals surface area contributed by atoms with Gasteiger partial charge in [-0.1, -0.05) is 23.8 Å². The van der Waals surface area contributed by atoms with Crippen LogP contribution < -0.4 is 5.32 Å². The molecular weight excluding hydrogens is 262 g/mol. The van der Waals surface area contributed by atoms with E-state index in [2.05, 4.69) is 17.5 Å². The summed E-state index contributed by atoms with van der Waals surface area (Å²) in [7, 11) is 1.44. The first kappa shape index (κ1) is 12.5. The second-order valence-corrected chi connectivity index (χ2v) is 5.62. The molecule has 0 spiro atoms. The smallest absolute Gasteiger partial charge is 0.328 e. The number of fused-ring (bicyclic) bond motifs is 3. The van der Waals surface area contributed by atoms with Gasteiger partial charge < -0.3 is 10.1 Å². The van der Waals surface area contributed by atoms with Crippen molar-refractivity contribution in [1.82, 2.24) is 0 Å². The zero-order chi connectivity index (χ0) is 13.6. The maximum absolute atomic E-state index is 12.0. The van der Waals surface area contributed by atoms with Crippen LogP contribution in [-0.4, -0.2) is 19.1 Å². The van der Waals surface area contributed by atoms with Crippen molar-refractivity contribution in [2.45, 2.75) is 25.3 Å². The molecule has 1 N–H and O–H groups in total. The van der Waals surface area contributed by atoms with Crippen LogP contribution in [0.4, 0.5) is 5.69 Å². The van der Waals surface area contributed by atoms with Gasteiger partial charge in [-0.2, -0.15) is 0 Å². The number of halogens is 1. The standard InChI is InChI=1S/C15H16ClNO2/c1-8-6-9(16)7-12-10-4-3-5-11(10)14(15(18)19-2)17-13(8)12/h3-4,6-7,10-11,14,17H,5H2,1-2H3/t10-,11+,14-/m0/s1. The Bertz CT molecular complexity index is 568. The van der Waals surface area contributed by atoms with Crippen molar-refractivity contribution in [2.24, 2.45) is 5.92 Å². The minimum absolute atomic E-state index is 0.196. The van der Waals surface area contributed by atoms with E-state index in [0.717, 1.165) is 22.7 Å². The Hall–Kier alpha value is -1.48. The fraction of sp³-hybridized carbons (Fsp3) is 0.400. The van der Waals surface area contributed by atoms with Gasteiger partial charge in [0.1, 0.15) is 6.04 Å². The Morgan fingerprint density at radius 2 is 2.26 bits per heavy atom. The molecule has 3 rings (SSSR count). The predicted molar refractivity (Wildman–Crippen MR) is 75.6 cm³/mol.